The van der Waals surface area contributed by atoms with Crippen LogP contribution in [0.25, 0.3) is 10.8 Å². The minimum Gasteiger partial charge on any atom is -0.290 e. The van der Waals surface area contributed by atoms with E-state index in [1.807, 2.05) is 18.5 Å². The molecule has 6 aliphatic carbocycles. The Bertz CT molecular complexity index is 1240. The van der Waals surface area contributed by atoms with Gasteiger partial charge in [-0.3, -0.25) is 9.78 Å². The van der Waals surface area contributed by atoms with Crippen LogP contribution in [-0.4, -0.2) is 10.8 Å². The summed E-state index contributed by atoms with van der Waals surface area (Å²) in [6.45, 7) is 2.58. The number of carbonyl (C=O) groups excluding carboxylic acids is 1. The lowest BCUT2D eigenvalue weighted by atomic mass is 9.49. The third-order valence-electron chi connectivity index (χ3n) is 10.4. The van der Waals surface area contributed by atoms with E-state index in [-0.39, 0.29) is 16.6 Å². The second-order valence-corrected chi connectivity index (χ2v) is 11.5. The second kappa shape index (κ2) is 6.31. The number of aromatic nitrogens is 1. The molecule has 0 aliphatic heterocycles. The van der Waals surface area contributed by atoms with Gasteiger partial charge in [0.05, 0.1) is 0 Å². The fraction of sp³-hybridized carbons (Fsp3) is 0.467. The maximum Gasteiger partial charge on any atom is 0.182 e. The summed E-state index contributed by atoms with van der Waals surface area (Å²) in [5.41, 5.74) is 4.83. The van der Waals surface area contributed by atoms with Crippen LogP contribution in [-0.2, 0) is 4.79 Å². The topological polar surface area (TPSA) is 30.0 Å². The predicted molar refractivity (Wildman–Crippen MR) is 128 cm³/mol. The molecule has 2 aromatic rings. The Labute approximate surface area is 190 Å². The molecule has 3 atom stereocenters. The number of nitrogens with zero attached hydrogens (tertiary/aromatic N) is 1. The summed E-state index contributed by atoms with van der Waals surface area (Å²) in [7, 11) is 0. The third kappa shape index (κ3) is 2.31. The van der Waals surface area contributed by atoms with Crippen LogP contribution in [0, 0.1) is 22.2 Å². The fourth-order valence-corrected chi connectivity index (χ4v) is 8.75. The van der Waals surface area contributed by atoms with Gasteiger partial charge in [0.2, 0.25) is 0 Å². The SMILES string of the molecule is C[C@]12CC=C3C=C4C(=O)C=CCC45CCC3(CC5)[C@@H]1CC[C@@H]2c1ccc2ccncc2c1. The Hall–Kier alpha value is -2.48. The number of fused-ring (bicyclic) bond motifs is 4. The molecule has 2 saturated carbocycles. The monoisotopic (exact) mass is 421 g/mol. The fourth-order valence-electron chi connectivity index (χ4n) is 8.75. The van der Waals surface area contributed by atoms with Crippen molar-refractivity contribution < 1.29 is 4.79 Å². The summed E-state index contributed by atoms with van der Waals surface area (Å²) in [5.74, 6) is 1.58. The molecular formula is C30H31NO. The highest BCUT2D eigenvalue weighted by Crippen LogP contribution is 2.71. The van der Waals surface area contributed by atoms with Crippen LogP contribution in [0.3, 0.4) is 0 Å². The van der Waals surface area contributed by atoms with Crippen LogP contribution in [0.4, 0.5) is 0 Å². The van der Waals surface area contributed by atoms with E-state index in [1.54, 1.807) is 0 Å². The van der Waals surface area contributed by atoms with Gasteiger partial charge < -0.3 is 0 Å². The zero-order valence-electron chi connectivity index (χ0n) is 18.9. The molecule has 1 aromatic carbocycles. The number of hydrogen-bond donors (Lipinski definition) is 0. The maximum atomic E-state index is 12.9. The molecule has 2 heteroatoms. The van der Waals surface area contributed by atoms with Crippen LogP contribution in [0.1, 0.15) is 69.8 Å². The average Bonchev–Trinajstić information content (AvgIpc) is 3.01. The van der Waals surface area contributed by atoms with E-state index in [4.69, 9.17) is 0 Å². The lowest BCUT2D eigenvalue weighted by molar-refractivity contribution is -0.113. The maximum absolute atomic E-state index is 12.9. The largest absolute Gasteiger partial charge is 0.290 e. The summed E-state index contributed by atoms with van der Waals surface area (Å²) in [6, 6.07) is 9.18. The zero-order chi connectivity index (χ0) is 21.6. The van der Waals surface area contributed by atoms with Crippen LogP contribution >= 0.6 is 0 Å². The van der Waals surface area contributed by atoms with E-state index in [1.165, 1.54) is 60.4 Å². The molecule has 1 aromatic heterocycles. The number of pyridine rings is 1. The quantitative estimate of drug-likeness (QED) is 0.492. The van der Waals surface area contributed by atoms with Crippen LogP contribution in [0.5, 0.6) is 0 Å². The summed E-state index contributed by atoms with van der Waals surface area (Å²) in [5, 5.41) is 2.54. The van der Waals surface area contributed by atoms with Crippen molar-refractivity contribution in [3.8, 4) is 0 Å². The first-order valence-electron chi connectivity index (χ1n) is 12.5. The van der Waals surface area contributed by atoms with Crippen molar-refractivity contribution in [3.05, 3.63) is 77.7 Å². The molecule has 32 heavy (non-hydrogen) atoms. The normalized spacial score (nSPS) is 39.7. The van der Waals surface area contributed by atoms with Gasteiger partial charge in [0, 0.05) is 28.8 Å². The molecule has 8 rings (SSSR count). The average molecular weight is 422 g/mol. The molecular weight excluding hydrogens is 390 g/mol. The zero-order valence-corrected chi connectivity index (χ0v) is 18.9. The highest BCUT2D eigenvalue weighted by atomic mass is 16.1. The summed E-state index contributed by atoms with van der Waals surface area (Å²) < 4.78 is 0. The van der Waals surface area contributed by atoms with E-state index < -0.39 is 0 Å². The third-order valence-corrected chi connectivity index (χ3v) is 10.4. The van der Waals surface area contributed by atoms with Gasteiger partial charge in [-0.15, -0.1) is 0 Å². The number of allylic oxidation sites excluding steroid dienone is 6. The van der Waals surface area contributed by atoms with Crippen molar-refractivity contribution in [2.24, 2.45) is 22.2 Å². The minimum atomic E-state index is 0.120. The molecule has 2 bridgehead atoms. The Kier molecular flexibility index (Phi) is 3.75. The van der Waals surface area contributed by atoms with Gasteiger partial charge in [-0.2, -0.15) is 0 Å². The van der Waals surface area contributed by atoms with E-state index >= 15 is 0 Å². The highest BCUT2D eigenvalue weighted by Gasteiger charge is 2.61. The van der Waals surface area contributed by atoms with E-state index in [0.717, 1.165) is 18.4 Å². The van der Waals surface area contributed by atoms with Crippen LogP contribution in [0.2, 0.25) is 0 Å². The number of carbonyl (C=O) groups is 1. The lowest BCUT2D eigenvalue weighted by Gasteiger charge is -2.55. The van der Waals surface area contributed by atoms with Gasteiger partial charge in [0.25, 0.3) is 0 Å². The molecule has 2 spiro atoms. The van der Waals surface area contributed by atoms with Gasteiger partial charge in [-0.05, 0) is 109 Å². The van der Waals surface area contributed by atoms with Crippen molar-refractivity contribution in [1.82, 2.24) is 4.98 Å². The van der Waals surface area contributed by atoms with Crippen LogP contribution < -0.4 is 0 Å². The summed E-state index contributed by atoms with van der Waals surface area (Å²) in [4.78, 5) is 17.2. The Morgan fingerprint density at radius 2 is 1.88 bits per heavy atom. The number of hydrogen-bond acceptors (Lipinski definition) is 2. The molecule has 6 aliphatic rings. The van der Waals surface area contributed by atoms with Crippen molar-refractivity contribution >= 4 is 16.6 Å². The molecule has 162 valence electrons. The molecule has 0 unspecified atom stereocenters. The van der Waals surface area contributed by atoms with Gasteiger partial charge in [-0.1, -0.05) is 37.3 Å². The smallest absolute Gasteiger partial charge is 0.182 e. The predicted octanol–water partition coefficient (Wildman–Crippen LogP) is 7.08. The van der Waals surface area contributed by atoms with E-state index in [0.29, 0.717) is 17.3 Å². The van der Waals surface area contributed by atoms with Crippen molar-refractivity contribution in [2.45, 2.75) is 64.2 Å². The van der Waals surface area contributed by atoms with Crippen LogP contribution in [0.15, 0.2) is 72.1 Å². The molecule has 1 heterocycles. The Balaban J connectivity index is 1.32. The first kappa shape index (κ1) is 19.0. The summed E-state index contributed by atoms with van der Waals surface area (Å²) >= 11 is 0. The van der Waals surface area contributed by atoms with E-state index in [2.05, 4.69) is 54.4 Å². The number of ketones is 1. The Morgan fingerprint density at radius 3 is 2.75 bits per heavy atom. The second-order valence-electron chi connectivity index (χ2n) is 11.5. The minimum absolute atomic E-state index is 0.120. The number of benzene rings is 1. The van der Waals surface area contributed by atoms with Crippen molar-refractivity contribution in [2.75, 3.05) is 0 Å². The Morgan fingerprint density at radius 1 is 1.00 bits per heavy atom. The van der Waals surface area contributed by atoms with Gasteiger partial charge >= 0.3 is 0 Å². The lowest BCUT2D eigenvalue weighted by Crippen LogP contribution is -2.46. The molecule has 2 nitrogen and oxygen atoms in total. The molecule has 0 N–H and O–H groups in total. The van der Waals surface area contributed by atoms with Gasteiger partial charge in [0.15, 0.2) is 5.78 Å². The van der Waals surface area contributed by atoms with Crippen molar-refractivity contribution in [1.29, 1.82) is 0 Å². The molecule has 2 fully saturated rings. The number of rotatable bonds is 1. The standard InChI is InChI=1S/C30H31NO/c1-28-11-8-23-18-25-26(32)3-2-10-29(25)12-14-30(23,15-13-29)27(28)7-6-24(28)21-5-4-20-9-16-31-19-22(20)17-21/h2-5,8-9,16-19,24,27H,6-7,10-15H2,1H3/t24-,27-,28-,29?,30?/m1/s1. The first-order chi connectivity index (χ1) is 15.5. The molecule has 0 amide bonds. The highest BCUT2D eigenvalue weighted by molar-refractivity contribution is 6.06. The first-order valence-corrected chi connectivity index (χ1v) is 12.5. The summed E-state index contributed by atoms with van der Waals surface area (Å²) in [6.07, 6.45) is 22.5. The van der Waals surface area contributed by atoms with Gasteiger partial charge in [-0.25, -0.2) is 0 Å². The molecule has 0 saturated heterocycles. The van der Waals surface area contributed by atoms with Gasteiger partial charge in [0.1, 0.15) is 0 Å². The molecule has 0 radical (unpaired) electrons. The van der Waals surface area contributed by atoms with Crippen molar-refractivity contribution in [3.63, 3.8) is 0 Å². The van der Waals surface area contributed by atoms with E-state index in [9.17, 15) is 4.79 Å².